The summed E-state index contributed by atoms with van der Waals surface area (Å²) < 4.78 is 44.8. The fraction of sp³-hybridized carbons (Fsp3) is 0.647. The molecule has 0 radical (unpaired) electrons. The van der Waals surface area contributed by atoms with Gasteiger partial charge in [-0.3, -0.25) is 9.48 Å². The second-order valence-electron chi connectivity index (χ2n) is 7.64. The van der Waals surface area contributed by atoms with Crippen molar-refractivity contribution in [3.8, 4) is 11.6 Å². The summed E-state index contributed by atoms with van der Waals surface area (Å²) in [6.07, 6.45) is 0.0389. The monoisotopic (exact) mass is 398 g/mol. The van der Waals surface area contributed by atoms with Gasteiger partial charge in [0.15, 0.2) is 5.69 Å². The van der Waals surface area contributed by atoms with Crippen molar-refractivity contribution in [2.45, 2.75) is 44.8 Å². The molecule has 1 saturated carbocycles. The Bertz CT molecular complexity index is 876. The van der Waals surface area contributed by atoms with Gasteiger partial charge in [-0.25, -0.2) is 0 Å². The quantitative estimate of drug-likeness (QED) is 0.852. The Morgan fingerprint density at radius 1 is 1.25 bits per heavy atom. The zero-order valence-corrected chi connectivity index (χ0v) is 15.6. The largest absolute Gasteiger partial charge is 0.435 e. The van der Waals surface area contributed by atoms with Crippen LogP contribution >= 0.6 is 0 Å². The predicted molar refractivity (Wildman–Crippen MR) is 92.1 cm³/mol. The van der Waals surface area contributed by atoms with Crippen molar-refractivity contribution >= 4 is 11.9 Å². The normalized spacial score (nSPS) is 19.7. The van der Waals surface area contributed by atoms with Gasteiger partial charge in [-0.05, 0) is 38.0 Å². The third-order valence-corrected chi connectivity index (χ3v) is 5.62. The van der Waals surface area contributed by atoms with E-state index in [1.807, 2.05) is 4.90 Å². The number of aromatic nitrogens is 4. The molecule has 2 aliphatic rings. The molecule has 152 valence electrons. The number of anilines is 1. The Labute approximate surface area is 159 Å². The molecule has 1 spiro atoms. The molecule has 2 aromatic rings. The summed E-state index contributed by atoms with van der Waals surface area (Å²) in [5, 5.41) is 13.8. The minimum atomic E-state index is -4.56. The third-order valence-electron chi connectivity index (χ3n) is 5.62. The molecule has 1 N–H and O–H groups in total. The van der Waals surface area contributed by atoms with Crippen LogP contribution in [0.3, 0.4) is 0 Å². The number of nitrogens with one attached hydrogen (secondary N) is 1. The number of halogens is 3. The van der Waals surface area contributed by atoms with Crippen molar-refractivity contribution in [1.29, 1.82) is 0 Å². The number of likely N-dealkylation sites (tertiary alicyclic amines) is 1. The van der Waals surface area contributed by atoms with E-state index >= 15 is 0 Å². The van der Waals surface area contributed by atoms with Gasteiger partial charge in [-0.15, -0.1) is 5.10 Å². The van der Waals surface area contributed by atoms with Crippen LogP contribution < -0.4 is 5.32 Å². The lowest BCUT2D eigenvalue weighted by atomic mass is 9.93. The molecule has 1 aliphatic heterocycles. The van der Waals surface area contributed by atoms with E-state index in [1.165, 1.54) is 19.9 Å². The molecular weight excluding hydrogens is 377 g/mol. The second kappa shape index (κ2) is 6.49. The standard InChI is InChI=1S/C17H21F3N6O2/c1-10(14(27)26-7-5-16(3-4-16)6-8-26)21-15-23-22-13(28-15)11-9-12(17(18,19)20)24-25(11)2/h9-10H,3-8H2,1-2H3,(H,21,23)/t10-/m1/s1. The number of hydrogen-bond acceptors (Lipinski definition) is 6. The van der Waals surface area contributed by atoms with Gasteiger partial charge in [-0.2, -0.15) is 18.3 Å². The first-order valence-corrected chi connectivity index (χ1v) is 9.17. The van der Waals surface area contributed by atoms with Gasteiger partial charge in [0.1, 0.15) is 11.7 Å². The smallest absolute Gasteiger partial charge is 0.402 e. The number of nitrogens with zero attached hydrogens (tertiary/aromatic N) is 5. The van der Waals surface area contributed by atoms with Gasteiger partial charge in [0.05, 0.1) is 0 Å². The summed E-state index contributed by atoms with van der Waals surface area (Å²) in [6, 6.07) is 0.230. The Hall–Kier alpha value is -2.59. The third kappa shape index (κ3) is 3.57. The summed E-state index contributed by atoms with van der Waals surface area (Å²) in [5.74, 6) is -0.170. The van der Waals surface area contributed by atoms with Crippen LogP contribution in [0.25, 0.3) is 11.6 Å². The molecule has 4 rings (SSSR count). The van der Waals surface area contributed by atoms with E-state index in [2.05, 4.69) is 20.6 Å². The maximum absolute atomic E-state index is 12.8. The first kappa shape index (κ1) is 18.8. The highest BCUT2D eigenvalue weighted by Gasteiger charge is 2.45. The first-order valence-electron chi connectivity index (χ1n) is 9.17. The average Bonchev–Trinajstić information content (AvgIpc) is 3.03. The Morgan fingerprint density at radius 3 is 2.50 bits per heavy atom. The molecule has 11 heteroatoms. The van der Waals surface area contributed by atoms with Gasteiger partial charge < -0.3 is 14.6 Å². The molecule has 2 fully saturated rings. The molecule has 0 aromatic carbocycles. The van der Waals surface area contributed by atoms with E-state index in [-0.39, 0.29) is 23.5 Å². The van der Waals surface area contributed by atoms with Crippen molar-refractivity contribution < 1.29 is 22.4 Å². The molecule has 0 bridgehead atoms. The van der Waals surface area contributed by atoms with E-state index in [0.29, 0.717) is 5.41 Å². The number of alkyl halides is 3. The highest BCUT2D eigenvalue weighted by atomic mass is 19.4. The van der Waals surface area contributed by atoms with Crippen molar-refractivity contribution in [3.05, 3.63) is 11.8 Å². The SMILES string of the molecule is C[C@@H](Nc1nnc(-c2cc(C(F)(F)F)nn2C)o1)C(=O)N1CCC2(CC1)CC2. The summed E-state index contributed by atoms with van der Waals surface area (Å²) >= 11 is 0. The minimum Gasteiger partial charge on any atom is -0.402 e. The lowest BCUT2D eigenvalue weighted by Gasteiger charge is -2.33. The van der Waals surface area contributed by atoms with Crippen LogP contribution in [-0.2, 0) is 18.0 Å². The predicted octanol–water partition coefficient (Wildman–Crippen LogP) is 2.69. The van der Waals surface area contributed by atoms with Crippen LogP contribution in [0.4, 0.5) is 19.2 Å². The molecule has 8 nitrogen and oxygen atoms in total. The highest BCUT2D eigenvalue weighted by molar-refractivity contribution is 5.83. The van der Waals surface area contributed by atoms with E-state index < -0.39 is 17.9 Å². The van der Waals surface area contributed by atoms with Crippen LogP contribution in [0.2, 0.25) is 0 Å². The van der Waals surface area contributed by atoms with Gasteiger partial charge >= 0.3 is 12.2 Å². The fourth-order valence-corrected chi connectivity index (χ4v) is 3.59. The van der Waals surface area contributed by atoms with E-state index in [1.54, 1.807) is 6.92 Å². The Morgan fingerprint density at radius 2 is 1.93 bits per heavy atom. The summed E-state index contributed by atoms with van der Waals surface area (Å²) in [6.45, 7) is 3.18. The maximum Gasteiger partial charge on any atom is 0.435 e. The van der Waals surface area contributed by atoms with E-state index in [9.17, 15) is 18.0 Å². The van der Waals surface area contributed by atoms with Crippen molar-refractivity contribution in [2.75, 3.05) is 18.4 Å². The average molecular weight is 398 g/mol. The van der Waals surface area contributed by atoms with Gasteiger partial charge in [0.25, 0.3) is 5.89 Å². The second-order valence-corrected chi connectivity index (χ2v) is 7.64. The zero-order valence-electron chi connectivity index (χ0n) is 15.6. The molecule has 1 saturated heterocycles. The van der Waals surface area contributed by atoms with Gasteiger partial charge in [-0.1, -0.05) is 5.10 Å². The minimum absolute atomic E-state index is 0.0266. The number of carbonyl (C=O) groups excluding carboxylic acids is 1. The molecule has 1 amide bonds. The van der Waals surface area contributed by atoms with Crippen LogP contribution in [-0.4, -0.2) is 49.9 Å². The number of hydrogen-bond donors (Lipinski definition) is 1. The lowest BCUT2D eigenvalue weighted by Crippen LogP contribution is -2.45. The molecular formula is C17H21F3N6O2. The number of rotatable bonds is 4. The van der Waals surface area contributed by atoms with Crippen molar-refractivity contribution in [2.24, 2.45) is 12.5 Å². The summed E-state index contributed by atoms with van der Waals surface area (Å²) in [5.41, 5.74) is -0.523. The van der Waals surface area contributed by atoms with Gasteiger partial charge in [0, 0.05) is 26.2 Å². The molecule has 3 heterocycles. The molecule has 0 unspecified atom stereocenters. The molecule has 28 heavy (non-hydrogen) atoms. The van der Waals surface area contributed by atoms with E-state index in [4.69, 9.17) is 4.42 Å². The van der Waals surface area contributed by atoms with E-state index in [0.717, 1.165) is 36.7 Å². The van der Waals surface area contributed by atoms with Crippen LogP contribution in [0, 0.1) is 5.41 Å². The number of amides is 1. The van der Waals surface area contributed by atoms with Crippen molar-refractivity contribution in [3.63, 3.8) is 0 Å². The zero-order chi connectivity index (χ0) is 20.1. The molecule has 1 atom stereocenters. The van der Waals surface area contributed by atoms with Crippen LogP contribution in [0.1, 0.15) is 38.3 Å². The number of piperidine rings is 1. The van der Waals surface area contributed by atoms with Crippen molar-refractivity contribution in [1.82, 2.24) is 24.9 Å². The molecule has 1 aliphatic carbocycles. The van der Waals surface area contributed by atoms with Crippen LogP contribution in [0.15, 0.2) is 10.5 Å². The fourth-order valence-electron chi connectivity index (χ4n) is 3.59. The first-order chi connectivity index (χ1) is 13.2. The molecule has 2 aromatic heterocycles. The Kier molecular flexibility index (Phi) is 4.35. The highest BCUT2D eigenvalue weighted by Crippen LogP contribution is 2.53. The number of aryl methyl sites for hydroxylation is 1. The summed E-state index contributed by atoms with van der Waals surface area (Å²) in [7, 11) is 1.36. The van der Waals surface area contributed by atoms with Crippen LogP contribution in [0.5, 0.6) is 0 Å². The summed E-state index contributed by atoms with van der Waals surface area (Å²) in [4.78, 5) is 14.4. The number of carbonyl (C=O) groups is 1. The Balaban J connectivity index is 1.40. The van der Waals surface area contributed by atoms with Gasteiger partial charge in [0.2, 0.25) is 5.91 Å². The lowest BCUT2D eigenvalue weighted by molar-refractivity contribution is -0.141. The maximum atomic E-state index is 12.8. The topological polar surface area (TPSA) is 89.1 Å².